The molecule has 1 N–H and O–H groups in total. The minimum absolute atomic E-state index is 0.201. The molecule has 1 amide bonds. The van der Waals surface area contributed by atoms with Crippen molar-refractivity contribution in [1.82, 2.24) is 0 Å². The molecule has 0 fully saturated rings. The highest BCUT2D eigenvalue weighted by atomic mass is 79.9. The van der Waals surface area contributed by atoms with Crippen LogP contribution in [-0.4, -0.2) is 18.5 Å². The number of esters is 1. The summed E-state index contributed by atoms with van der Waals surface area (Å²) in [7, 11) is 0. The molecular weight excluding hydrogens is 341 g/mol. The van der Waals surface area contributed by atoms with Gasteiger partial charge in [-0.3, -0.25) is 4.79 Å². The number of carbonyl (C=O) groups excluding carboxylic acids is 2. The molecule has 2 rings (SSSR count). The van der Waals surface area contributed by atoms with E-state index in [0.29, 0.717) is 5.69 Å². The quantitative estimate of drug-likeness (QED) is 0.859. The van der Waals surface area contributed by atoms with Crippen LogP contribution in [0.1, 0.15) is 10.4 Å². The molecule has 108 valence electrons. The Balaban J connectivity index is 1.90. The maximum Gasteiger partial charge on any atom is 0.341 e. The Hall–Kier alpha value is -2.21. The van der Waals surface area contributed by atoms with Crippen LogP contribution in [0.2, 0.25) is 0 Å². The highest BCUT2D eigenvalue weighted by molar-refractivity contribution is 9.10. The van der Waals surface area contributed by atoms with E-state index in [9.17, 15) is 14.0 Å². The third-order valence-electron chi connectivity index (χ3n) is 2.54. The normalized spacial score (nSPS) is 10.0. The molecule has 0 atom stereocenters. The monoisotopic (exact) mass is 351 g/mol. The van der Waals surface area contributed by atoms with Gasteiger partial charge >= 0.3 is 5.97 Å². The van der Waals surface area contributed by atoms with Crippen molar-refractivity contribution in [3.05, 3.63) is 64.4 Å². The number of benzene rings is 2. The summed E-state index contributed by atoms with van der Waals surface area (Å²) in [4.78, 5) is 23.3. The summed E-state index contributed by atoms with van der Waals surface area (Å²) in [6.07, 6.45) is 0. The lowest BCUT2D eigenvalue weighted by molar-refractivity contribution is -0.119. The average molecular weight is 352 g/mol. The van der Waals surface area contributed by atoms with Gasteiger partial charge in [-0.25, -0.2) is 9.18 Å². The minimum atomic E-state index is -0.877. The predicted molar refractivity (Wildman–Crippen MR) is 79.5 cm³/mol. The smallest absolute Gasteiger partial charge is 0.341 e. The van der Waals surface area contributed by atoms with E-state index in [1.807, 2.05) is 6.07 Å². The van der Waals surface area contributed by atoms with Crippen molar-refractivity contribution in [1.29, 1.82) is 0 Å². The zero-order valence-corrected chi connectivity index (χ0v) is 12.4. The molecule has 6 heteroatoms. The summed E-state index contributed by atoms with van der Waals surface area (Å²) < 4.78 is 18.9. The van der Waals surface area contributed by atoms with Crippen LogP contribution in [0.4, 0.5) is 10.1 Å². The molecule has 0 saturated heterocycles. The molecule has 0 unspecified atom stereocenters. The van der Waals surface area contributed by atoms with Gasteiger partial charge < -0.3 is 10.1 Å². The van der Waals surface area contributed by atoms with E-state index in [-0.39, 0.29) is 5.56 Å². The number of anilines is 1. The topological polar surface area (TPSA) is 55.4 Å². The Morgan fingerprint density at radius 1 is 1.14 bits per heavy atom. The van der Waals surface area contributed by atoms with Crippen molar-refractivity contribution < 1.29 is 18.7 Å². The first-order chi connectivity index (χ1) is 10.1. The van der Waals surface area contributed by atoms with E-state index < -0.39 is 24.3 Å². The van der Waals surface area contributed by atoms with E-state index >= 15 is 0 Å². The molecule has 0 heterocycles. The van der Waals surface area contributed by atoms with Crippen molar-refractivity contribution in [3.63, 3.8) is 0 Å². The van der Waals surface area contributed by atoms with Gasteiger partial charge in [0.05, 0.1) is 5.56 Å². The number of halogens is 2. The number of amides is 1. The second-order valence-electron chi connectivity index (χ2n) is 4.11. The SMILES string of the molecule is O=C(COC(=O)c1ccccc1F)Nc1cccc(Br)c1. The number of ether oxygens (including phenoxy) is 1. The largest absolute Gasteiger partial charge is 0.452 e. The van der Waals surface area contributed by atoms with E-state index in [1.165, 1.54) is 18.2 Å². The molecule has 0 saturated carbocycles. The molecule has 0 bridgehead atoms. The summed E-state index contributed by atoms with van der Waals surface area (Å²) in [5.41, 5.74) is 0.365. The van der Waals surface area contributed by atoms with Crippen molar-refractivity contribution >= 4 is 33.5 Å². The van der Waals surface area contributed by atoms with Gasteiger partial charge in [-0.2, -0.15) is 0 Å². The summed E-state index contributed by atoms with van der Waals surface area (Å²) >= 11 is 3.27. The van der Waals surface area contributed by atoms with Crippen LogP contribution in [0.15, 0.2) is 53.0 Å². The highest BCUT2D eigenvalue weighted by Crippen LogP contribution is 2.15. The van der Waals surface area contributed by atoms with Crippen LogP contribution < -0.4 is 5.32 Å². The maximum atomic E-state index is 13.3. The fraction of sp³-hybridized carbons (Fsp3) is 0.0667. The molecule has 0 radical (unpaired) electrons. The molecule has 0 aliphatic heterocycles. The zero-order chi connectivity index (χ0) is 15.2. The maximum absolute atomic E-state index is 13.3. The first kappa shape index (κ1) is 15.2. The van der Waals surface area contributed by atoms with Gasteiger partial charge in [0.1, 0.15) is 5.82 Å². The average Bonchev–Trinajstić information content (AvgIpc) is 2.45. The number of hydrogen-bond acceptors (Lipinski definition) is 3. The standard InChI is InChI=1S/C15H11BrFNO3/c16-10-4-3-5-11(8-10)18-14(19)9-21-15(20)12-6-1-2-7-13(12)17/h1-8H,9H2,(H,18,19). The van der Waals surface area contributed by atoms with Crippen LogP contribution in [0.3, 0.4) is 0 Å². The van der Waals surface area contributed by atoms with Crippen molar-refractivity contribution in [2.45, 2.75) is 0 Å². The number of hydrogen-bond donors (Lipinski definition) is 1. The third kappa shape index (κ3) is 4.39. The molecule has 4 nitrogen and oxygen atoms in total. The molecular formula is C15H11BrFNO3. The van der Waals surface area contributed by atoms with Crippen molar-refractivity contribution in [2.75, 3.05) is 11.9 Å². The lowest BCUT2D eigenvalue weighted by atomic mass is 10.2. The fourth-order valence-corrected chi connectivity index (χ4v) is 2.00. The first-order valence-corrected chi connectivity index (χ1v) is 6.82. The van der Waals surface area contributed by atoms with Gasteiger partial charge in [-0.15, -0.1) is 0 Å². The fourth-order valence-electron chi connectivity index (χ4n) is 1.60. The van der Waals surface area contributed by atoms with Gasteiger partial charge in [0, 0.05) is 10.2 Å². The summed E-state index contributed by atoms with van der Waals surface area (Å²) in [6, 6.07) is 12.4. The molecule has 0 aliphatic carbocycles. The Labute approximate surface area is 129 Å². The Morgan fingerprint density at radius 3 is 2.62 bits per heavy atom. The zero-order valence-electron chi connectivity index (χ0n) is 10.8. The third-order valence-corrected chi connectivity index (χ3v) is 3.03. The van der Waals surface area contributed by atoms with Crippen molar-refractivity contribution in [2.24, 2.45) is 0 Å². The van der Waals surface area contributed by atoms with Gasteiger partial charge in [0.25, 0.3) is 5.91 Å². The predicted octanol–water partition coefficient (Wildman–Crippen LogP) is 3.38. The van der Waals surface area contributed by atoms with Crippen LogP contribution in [-0.2, 0) is 9.53 Å². The molecule has 0 aromatic heterocycles. The van der Waals surface area contributed by atoms with Crippen LogP contribution in [0, 0.1) is 5.82 Å². The molecule has 21 heavy (non-hydrogen) atoms. The summed E-state index contributed by atoms with van der Waals surface area (Å²) in [6.45, 7) is -0.486. The number of carbonyl (C=O) groups is 2. The first-order valence-electron chi connectivity index (χ1n) is 6.03. The Bertz CT molecular complexity index is 675. The molecule has 0 spiro atoms. The minimum Gasteiger partial charge on any atom is -0.452 e. The van der Waals surface area contributed by atoms with E-state index in [0.717, 1.165) is 10.5 Å². The lowest BCUT2D eigenvalue weighted by Crippen LogP contribution is -2.21. The summed E-state index contributed by atoms with van der Waals surface area (Å²) in [5, 5.41) is 2.56. The van der Waals surface area contributed by atoms with Gasteiger partial charge in [0.15, 0.2) is 6.61 Å². The second kappa shape index (κ2) is 6.99. The highest BCUT2D eigenvalue weighted by Gasteiger charge is 2.14. The van der Waals surface area contributed by atoms with Crippen molar-refractivity contribution in [3.8, 4) is 0 Å². The second-order valence-corrected chi connectivity index (χ2v) is 5.03. The van der Waals surface area contributed by atoms with Gasteiger partial charge in [-0.1, -0.05) is 34.1 Å². The van der Waals surface area contributed by atoms with Gasteiger partial charge in [-0.05, 0) is 30.3 Å². The summed E-state index contributed by atoms with van der Waals surface area (Å²) in [5.74, 6) is -2.06. The lowest BCUT2D eigenvalue weighted by Gasteiger charge is -2.07. The number of rotatable bonds is 4. The molecule has 0 aliphatic rings. The van der Waals surface area contributed by atoms with E-state index in [2.05, 4.69) is 21.2 Å². The number of nitrogens with one attached hydrogen (secondary N) is 1. The van der Waals surface area contributed by atoms with Crippen LogP contribution in [0.5, 0.6) is 0 Å². The van der Waals surface area contributed by atoms with E-state index in [4.69, 9.17) is 4.74 Å². The Morgan fingerprint density at radius 2 is 1.90 bits per heavy atom. The molecule has 2 aromatic rings. The van der Waals surface area contributed by atoms with Crippen LogP contribution in [0.25, 0.3) is 0 Å². The van der Waals surface area contributed by atoms with Gasteiger partial charge in [0.2, 0.25) is 0 Å². The van der Waals surface area contributed by atoms with E-state index in [1.54, 1.807) is 18.2 Å². The van der Waals surface area contributed by atoms with Crippen LogP contribution >= 0.6 is 15.9 Å². The molecule has 2 aromatic carbocycles. The Kier molecular flexibility index (Phi) is 5.05.